The molecule has 176 valence electrons. The highest BCUT2D eigenvalue weighted by Gasteiger charge is 2.25. The summed E-state index contributed by atoms with van der Waals surface area (Å²) in [6, 6.07) is 4.96. The van der Waals surface area contributed by atoms with Gasteiger partial charge in [0.05, 0.1) is 23.1 Å². The average molecular weight is 494 g/mol. The molecule has 0 spiro atoms. The fraction of sp³-hybridized carbons (Fsp3) is 0.167. The Labute approximate surface area is 204 Å². The van der Waals surface area contributed by atoms with Crippen molar-refractivity contribution >= 4 is 23.3 Å². The Balaban J connectivity index is 1.46. The van der Waals surface area contributed by atoms with Crippen LogP contribution in [-0.4, -0.2) is 61.9 Å². The van der Waals surface area contributed by atoms with Crippen molar-refractivity contribution in [2.45, 2.75) is 0 Å². The molecule has 1 fully saturated rings. The van der Waals surface area contributed by atoms with E-state index >= 15 is 0 Å². The van der Waals surface area contributed by atoms with Crippen molar-refractivity contribution in [1.82, 2.24) is 29.8 Å². The molecule has 5 rings (SSSR count). The lowest BCUT2D eigenvalue weighted by atomic mass is 10.0. The number of rotatable bonds is 4. The standard InChI is InChI=1S/C24H18ClF2N7O/c25-18-12-28-4-3-16(18)23-22(17-2-1-15(26)11-19(17)27)31-14-21(32-23)33-7-9-34(10-8-33)24(35)20-13-29-5-6-30-20/h1-6,11-14H,7-10H2. The van der Waals surface area contributed by atoms with E-state index in [0.29, 0.717) is 54.0 Å². The van der Waals surface area contributed by atoms with Gasteiger partial charge in [-0.05, 0) is 18.2 Å². The van der Waals surface area contributed by atoms with Crippen LogP contribution in [0, 0.1) is 11.6 Å². The number of piperazine rings is 1. The molecule has 1 aromatic carbocycles. The molecule has 0 aliphatic carbocycles. The van der Waals surface area contributed by atoms with E-state index < -0.39 is 11.6 Å². The summed E-state index contributed by atoms with van der Waals surface area (Å²) < 4.78 is 28.1. The van der Waals surface area contributed by atoms with Gasteiger partial charge in [0, 0.05) is 68.2 Å². The minimum absolute atomic E-state index is 0.104. The van der Waals surface area contributed by atoms with Crippen LogP contribution < -0.4 is 4.90 Å². The van der Waals surface area contributed by atoms with Gasteiger partial charge >= 0.3 is 0 Å². The summed E-state index contributed by atoms with van der Waals surface area (Å²) in [6.07, 6.45) is 9.00. The first-order valence-electron chi connectivity index (χ1n) is 10.7. The van der Waals surface area contributed by atoms with Crippen molar-refractivity contribution in [1.29, 1.82) is 0 Å². The molecule has 4 heterocycles. The molecule has 0 radical (unpaired) electrons. The van der Waals surface area contributed by atoms with Crippen molar-refractivity contribution in [3.63, 3.8) is 0 Å². The van der Waals surface area contributed by atoms with E-state index in [0.717, 1.165) is 6.07 Å². The Morgan fingerprint density at radius 3 is 2.37 bits per heavy atom. The van der Waals surface area contributed by atoms with E-state index in [1.165, 1.54) is 43.1 Å². The molecular formula is C24H18ClF2N7O. The highest BCUT2D eigenvalue weighted by atomic mass is 35.5. The van der Waals surface area contributed by atoms with Crippen LogP contribution in [0.1, 0.15) is 10.5 Å². The van der Waals surface area contributed by atoms with Crippen LogP contribution in [0.5, 0.6) is 0 Å². The minimum Gasteiger partial charge on any atom is -0.352 e. The van der Waals surface area contributed by atoms with Crippen LogP contribution >= 0.6 is 11.6 Å². The largest absolute Gasteiger partial charge is 0.352 e. The van der Waals surface area contributed by atoms with E-state index in [1.54, 1.807) is 17.2 Å². The molecule has 0 bridgehead atoms. The highest BCUT2D eigenvalue weighted by molar-refractivity contribution is 6.33. The third-order valence-corrected chi connectivity index (χ3v) is 5.95. The normalized spacial score (nSPS) is 13.7. The van der Waals surface area contributed by atoms with Crippen molar-refractivity contribution in [2.24, 2.45) is 0 Å². The number of anilines is 1. The van der Waals surface area contributed by atoms with Gasteiger partial charge < -0.3 is 9.80 Å². The topological polar surface area (TPSA) is 88.0 Å². The van der Waals surface area contributed by atoms with Crippen LogP contribution in [0.3, 0.4) is 0 Å². The van der Waals surface area contributed by atoms with Crippen molar-refractivity contribution in [2.75, 3.05) is 31.1 Å². The van der Waals surface area contributed by atoms with Crippen molar-refractivity contribution < 1.29 is 13.6 Å². The highest BCUT2D eigenvalue weighted by Crippen LogP contribution is 2.35. The van der Waals surface area contributed by atoms with Crippen molar-refractivity contribution in [3.8, 4) is 22.5 Å². The lowest BCUT2D eigenvalue weighted by Crippen LogP contribution is -2.49. The Morgan fingerprint density at radius 1 is 0.857 bits per heavy atom. The maximum absolute atomic E-state index is 14.6. The maximum Gasteiger partial charge on any atom is 0.274 e. The Morgan fingerprint density at radius 2 is 1.66 bits per heavy atom. The summed E-state index contributed by atoms with van der Waals surface area (Å²) in [5.74, 6) is -1.08. The Kier molecular flexibility index (Phi) is 6.28. The van der Waals surface area contributed by atoms with Gasteiger partial charge in [0.25, 0.3) is 5.91 Å². The lowest BCUT2D eigenvalue weighted by molar-refractivity contribution is 0.0740. The van der Waals surface area contributed by atoms with E-state index in [-0.39, 0.29) is 17.2 Å². The first kappa shape index (κ1) is 22.7. The molecule has 0 N–H and O–H groups in total. The molecule has 1 saturated heterocycles. The molecule has 0 atom stereocenters. The second-order valence-corrected chi connectivity index (χ2v) is 8.18. The predicted molar refractivity (Wildman–Crippen MR) is 126 cm³/mol. The van der Waals surface area contributed by atoms with Gasteiger partial charge in [0.15, 0.2) is 0 Å². The first-order valence-corrected chi connectivity index (χ1v) is 11.1. The number of amides is 1. The molecule has 35 heavy (non-hydrogen) atoms. The zero-order chi connectivity index (χ0) is 24.4. The molecule has 4 aromatic rings. The van der Waals surface area contributed by atoms with E-state index in [9.17, 15) is 13.6 Å². The molecule has 11 heteroatoms. The van der Waals surface area contributed by atoms with E-state index in [4.69, 9.17) is 16.6 Å². The summed E-state index contributed by atoms with van der Waals surface area (Å²) in [4.78, 5) is 37.6. The van der Waals surface area contributed by atoms with Gasteiger partial charge in [-0.3, -0.25) is 14.8 Å². The molecule has 3 aromatic heterocycles. The molecule has 0 saturated carbocycles. The number of benzene rings is 1. The Hall–Kier alpha value is -4.05. The number of hydrogen-bond acceptors (Lipinski definition) is 7. The monoisotopic (exact) mass is 493 g/mol. The third-order valence-electron chi connectivity index (χ3n) is 5.65. The van der Waals surface area contributed by atoms with Crippen LogP contribution in [0.4, 0.5) is 14.6 Å². The minimum atomic E-state index is -0.755. The molecule has 1 aliphatic heterocycles. The second-order valence-electron chi connectivity index (χ2n) is 7.78. The van der Waals surface area contributed by atoms with Crippen LogP contribution in [0.2, 0.25) is 5.02 Å². The summed E-state index contributed by atoms with van der Waals surface area (Å²) in [5.41, 5.74) is 1.49. The number of carbonyl (C=O) groups excluding carboxylic acids is 1. The fourth-order valence-electron chi connectivity index (χ4n) is 3.88. The smallest absolute Gasteiger partial charge is 0.274 e. The number of halogens is 3. The maximum atomic E-state index is 14.6. The van der Waals surface area contributed by atoms with Gasteiger partial charge in [-0.25, -0.2) is 23.7 Å². The van der Waals surface area contributed by atoms with Crippen molar-refractivity contribution in [3.05, 3.63) is 83.8 Å². The number of aromatic nitrogens is 5. The van der Waals surface area contributed by atoms with Crippen LogP contribution in [0.15, 0.2) is 61.4 Å². The Bertz CT molecular complexity index is 1380. The summed E-state index contributed by atoms with van der Waals surface area (Å²) in [5, 5.41) is 0.321. The first-order chi connectivity index (χ1) is 17.0. The van der Waals surface area contributed by atoms with Gasteiger partial charge in [0.2, 0.25) is 0 Å². The summed E-state index contributed by atoms with van der Waals surface area (Å²) in [6.45, 7) is 1.93. The zero-order valence-electron chi connectivity index (χ0n) is 18.3. The molecule has 8 nitrogen and oxygen atoms in total. The summed E-state index contributed by atoms with van der Waals surface area (Å²) >= 11 is 6.38. The molecule has 1 aliphatic rings. The lowest BCUT2D eigenvalue weighted by Gasteiger charge is -2.35. The number of carbonyl (C=O) groups is 1. The summed E-state index contributed by atoms with van der Waals surface area (Å²) in [7, 11) is 0. The van der Waals surface area contributed by atoms with Gasteiger partial charge in [-0.15, -0.1) is 0 Å². The van der Waals surface area contributed by atoms with Crippen LogP contribution in [0.25, 0.3) is 22.5 Å². The average Bonchev–Trinajstić information content (AvgIpc) is 2.89. The van der Waals surface area contributed by atoms with Crippen LogP contribution in [-0.2, 0) is 0 Å². The quantitative estimate of drug-likeness (QED) is 0.426. The number of pyridine rings is 1. The second kappa shape index (κ2) is 9.67. The molecule has 0 unspecified atom stereocenters. The predicted octanol–water partition coefficient (Wildman–Crippen LogP) is 3.89. The molecular weight excluding hydrogens is 476 g/mol. The van der Waals surface area contributed by atoms with E-state index in [2.05, 4.69) is 19.9 Å². The SMILES string of the molecule is O=C(c1cnccn1)N1CCN(c2cnc(-c3ccc(F)cc3F)c(-c3ccncc3Cl)n2)CC1. The third kappa shape index (κ3) is 4.65. The van der Waals surface area contributed by atoms with Gasteiger partial charge in [-0.1, -0.05) is 11.6 Å². The zero-order valence-corrected chi connectivity index (χ0v) is 19.0. The van der Waals surface area contributed by atoms with Gasteiger partial charge in [-0.2, -0.15) is 0 Å². The molecule has 1 amide bonds. The number of hydrogen-bond donors (Lipinski definition) is 0. The fourth-order valence-corrected chi connectivity index (χ4v) is 4.08. The van der Waals surface area contributed by atoms with E-state index in [1.807, 2.05) is 4.90 Å². The van der Waals surface area contributed by atoms with Gasteiger partial charge in [0.1, 0.15) is 28.8 Å². The number of nitrogens with zero attached hydrogens (tertiary/aromatic N) is 7.